The van der Waals surface area contributed by atoms with Gasteiger partial charge in [-0.05, 0) is 55.6 Å². The summed E-state index contributed by atoms with van der Waals surface area (Å²) in [5.41, 5.74) is 2.55. The van der Waals surface area contributed by atoms with E-state index in [0.717, 1.165) is 30.3 Å². The van der Waals surface area contributed by atoms with Crippen LogP contribution in [0.5, 0.6) is 0 Å². The topological polar surface area (TPSA) is 24.9 Å². The van der Waals surface area contributed by atoms with E-state index in [2.05, 4.69) is 69.6 Å². The van der Waals surface area contributed by atoms with Crippen LogP contribution in [0.4, 0.5) is 0 Å². The van der Waals surface area contributed by atoms with Crippen molar-refractivity contribution in [1.82, 2.24) is 10.3 Å². The number of pyridine rings is 1. The molecule has 20 heavy (non-hydrogen) atoms. The zero-order valence-electron chi connectivity index (χ0n) is 11.8. The van der Waals surface area contributed by atoms with Crippen LogP contribution in [0, 0.1) is 0 Å². The lowest BCUT2D eigenvalue weighted by atomic mass is 10.0. The highest BCUT2D eigenvalue weighted by molar-refractivity contribution is 9.10. The molecule has 1 heterocycles. The number of rotatable bonds is 7. The van der Waals surface area contributed by atoms with Gasteiger partial charge in [0, 0.05) is 22.4 Å². The normalized spacial score (nSPS) is 12.3. The second-order valence-corrected chi connectivity index (χ2v) is 5.86. The molecule has 0 saturated heterocycles. The zero-order valence-corrected chi connectivity index (χ0v) is 13.4. The van der Waals surface area contributed by atoms with Crippen molar-refractivity contribution in [2.24, 2.45) is 0 Å². The number of nitrogens with one attached hydrogen (secondary N) is 1. The third-order valence-corrected chi connectivity index (χ3v) is 3.89. The summed E-state index contributed by atoms with van der Waals surface area (Å²) in [5, 5.41) is 3.58. The van der Waals surface area contributed by atoms with E-state index in [1.165, 1.54) is 11.3 Å². The summed E-state index contributed by atoms with van der Waals surface area (Å²) in [6, 6.07) is 15.2. The Labute approximate surface area is 129 Å². The summed E-state index contributed by atoms with van der Waals surface area (Å²) in [6.45, 7) is 3.17. The average Bonchev–Trinajstić information content (AvgIpc) is 2.48. The van der Waals surface area contributed by atoms with E-state index in [4.69, 9.17) is 0 Å². The first-order valence-corrected chi connectivity index (χ1v) is 7.95. The van der Waals surface area contributed by atoms with Crippen molar-refractivity contribution in [1.29, 1.82) is 0 Å². The molecule has 2 rings (SSSR count). The smallest absolute Gasteiger partial charge is 0.0404 e. The van der Waals surface area contributed by atoms with Gasteiger partial charge in [0.05, 0.1) is 0 Å². The van der Waals surface area contributed by atoms with Gasteiger partial charge in [0.25, 0.3) is 0 Å². The van der Waals surface area contributed by atoms with Gasteiger partial charge in [-0.15, -0.1) is 0 Å². The third kappa shape index (κ3) is 5.06. The van der Waals surface area contributed by atoms with Gasteiger partial charge in [-0.3, -0.25) is 4.98 Å². The molecule has 1 unspecified atom stereocenters. The Hall–Kier alpha value is -1.19. The van der Waals surface area contributed by atoms with Crippen molar-refractivity contribution in [3.8, 4) is 0 Å². The summed E-state index contributed by atoms with van der Waals surface area (Å²) in [5.74, 6) is 0. The summed E-state index contributed by atoms with van der Waals surface area (Å²) in [6.07, 6.45) is 5.07. The van der Waals surface area contributed by atoms with E-state index in [1.54, 1.807) is 0 Å². The van der Waals surface area contributed by atoms with Gasteiger partial charge in [0.1, 0.15) is 0 Å². The lowest BCUT2D eigenvalue weighted by Crippen LogP contribution is -2.31. The zero-order chi connectivity index (χ0) is 14.2. The quantitative estimate of drug-likeness (QED) is 0.828. The Morgan fingerprint density at radius 3 is 2.60 bits per heavy atom. The molecule has 1 aromatic heterocycles. The number of nitrogens with zero attached hydrogens (tertiary/aromatic N) is 1. The summed E-state index contributed by atoms with van der Waals surface area (Å²) >= 11 is 3.48. The Bertz CT molecular complexity index is 496. The number of aryl methyl sites for hydroxylation is 1. The van der Waals surface area contributed by atoms with Crippen molar-refractivity contribution in [3.05, 3.63) is 64.4 Å². The SMILES string of the molecule is CCNC(CCc1ccccn1)Cc1ccc(Br)cc1. The van der Waals surface area contributed by atoms with E-state index in [9.17, 15) is 0 Å². The Balaban J connectivity index is 1.91. The first-order valence-electron chi connectivity index (χ1n) is 7.15. The molecule has 2 aromatic rings. The molecule has 0 aliphatic carbocycles. The monoisotopic (exact) mass is 332 g/mol. The molecule has 106 valence electrons. The molecule has 2 nitrogen and oxygen atoms in total. The summed E-state index contributed by atoms with van der Waals surface area (Å²) < 4.78 is 1.13. The number of hydrogen-bond donors (Lipinski definition) is 1. The van der Waals surface area contributed by atoms with Gasteiger partial charge < -0.3 is 5.32 Å². The highest BCUT2D eigenvalue weighted by Gasteiger charge is 2.09. The van der Waals surface area contributed by atoms with Crippen LogP contribution in [0.2, 0.25) is 0 Å². The van der Waals surface area contributed by atoms with Crippen LogP contribution in [0.15, 0.2) is 53.1 Å². The number of halogens is 1. The van der Waals surface area contributed by atoms with Crippen LogP contribution in [-0.4, -0.2) is 17.6 Å². The first-order chi connectivity index (χ1) is 9.78. The van der Waals surface area contributed by atoms with Crippen molar-refractivity contribution in [2.75, 3.05) is 6.54 Å². The molecule has 0 aliphatic rings. The fourth-order valence-corrected chi connectivity index (χ4v) is 2.60. The number of benzene rings is 1. The largest absolute Gasteiger partial charge is 0.314 e. The number of likely N-dealkylation sites (N-methyl/N-ethyl adjacent to an activating group) is 1. The predicted octanol–water partition coefficient (Wildman–Crippen LogP) is 4.00. The molecule has 1 N–H and O–H groups in total. The average molecular weight is 333 g/mol. The minimum absolute atomic E-state index is 0.503. The van der Waals surface area contributed by atoms with Crippen LogP contribution in [0.25, 0.3) is 0 Å². The van der Waals surface area contributed by atoms with Crippen LogP contribution < -0.4 is 5.32 Å². The van der Waals surface area contributed by atoms with E-state index in [1.807, 2.05) is 12.3 Å². The van der Waals surface area contributed by atoms with Crippen LogP contribution in [0.3, 0.4) is 0 Å². The Morgan fingerprint density at radius 1 is 1.15 bits per heavy atom. The molecule has 0 saturated carbocycles. The molecule has 0 amide bonds. The standard InChI is InChI=1S/C17H21BrN2/c1-2-19-17(11-10-16-5-3-4-12-20-16)13-14-6-8-15(18)9-7-14/h3-9,12,17,19H,2,10-11,13H2,1H3. The predicted molar refractivity (Wildman–Crippen MR) is 87.9 cm³/mol. The molecule has 0 radical (unpaired) electrons. The van der Waals surface area contributed by atoms with Crippen LogP contribution in [-0.2, 0) is 12.8 Å². The van der Waals surface area contributed by atoms with Crippen LogP contribution in [0.1, 0.15) is 24.6 Å². The fourth-order valence-electron chi connectivity index (χ4n) is 2.34. The molecule has 3 heteroatoms. The second kappa shape index (κ2) is 8.18. The Morgan fingerprint density at radius 2 is 1.95 bits per heavy atom. The molecule has 1 aromatic carbocycles. The van der Waals surface area contributed by atoms with Gasteiger partial charge in [-0.1, -0.05) is 41.1 Å². The highest BCUT2D eigenvalue weighted by atomic mass is 79.9. The van der Waals surface area contributed by atoms with Crippen molar-refractivity contribution >= 4 is 15.9 Å². The molecule has 0 aliphatic heterocycles. The number of hydrogen-bond acceptors (Lipinski definition) is 2. The molecule has 0 spiro atoms. The van der Waals surface area contributed by atoms with E-state index >= 15 is 0 Å². The van der Waals surface area contributed by atoms with E-state index in [-0.39, 0.29) is 0 Å². The molecule has 0 bridgehead atoms. The molecular weight excluding hydrogens is 312 g/mol. The maximum absolute atomic E-state index is 4.40. The van der Waals surface area contributed by atoms with Crippen LogP contribution >= 0.6 is 15.9 Å². The van der Waals surface area contributed by atoms with E-state index < -0.39 is 0 Å². The molecule has 1 atom stereocenters. The second-order valence-electron chi connectivity index (χ2n) is 4.94. The minimum Gasteiger partial charge on any atom is -0.314 e. The van der Waals surface area contributed by atoms with Gasteiger partial charge >= 0.3 is 0 Å². The van der Waals surface area contributed by atoms with Crippen molar-refractivity contribution in [3.63, 3.8) is 0 Å². The van der Waals surface area contributed by atoms with E-state index in [0.29, 0.717) is 6.04 Å². The Kier molecular flexibility index (Phi) is 6.22. The summed E-state index contributed by atoms with van der Waals surface area (Å²) in [4.78, 5) is 4.40. The van der Waals surface area contributed by atoms with Gasteiger partial charge in [0.15, 0.2) is 0 Å². The van der Waals surface area contributed by atoms with Gasteiger partial charge in [0.2, 0.25) is 0 Å². The minimum atomic E-state index is 0.503. The maximum Gasteiger partial charge on any atom is 0.0404 e. The van der Waals surface area contributed by atoms with Crippen molar-refractivity contribution < 1.29 is 0 Å². The molecular formula is C17H21BrN2. The van der Waals surface area contributed by atoms with Gasteiger partial charge in [-0.25, -0.2) is 0 Å². The first kappa shape index (κ1) is 15.2. The van der Waals surface area contributed by atoms with Crippen molar-refractivity contribution in [2.45, 2.75) is 32.2 Å². The number of aromatic nitrogens is 1. The molecule has 0 fully saturated rings. The lowest BCUT2D eigenvalue weighted by molar-refractivity contribution is 0.489. The summed E-state index contributed by atoms with van der Waals surface area (Å²) in [7, 11) is 0. The fraction of sp³-hybridized carbons (Fsp3) is 0.353. The maximum atomic E-state index is 4.40. The highest BCUT2D eigenvalue weighted by Crippen LogP contribution is 2.13. The van der Waals surface area contributed by atoms with Gasteiger partial charge in [-0.2, -0.15) is 0 Å². The third-order valence-electron chi connectivity index (χ3n) is 3.36. The lowest BCUT2D eigenvalue weighted by Gasteiger charge is -2.18.